The van der Waals surface area contributed by atoms with Gasteiger partial charge in [-0.1, -0.05) is 103 Å². The van der Waals surface area contributed by atoms with Gasteiger partial charge in [-0.2, -0.15) is 0 Å². The maximum Gasteiger partial charge on any atom is 0.305 e. The Hall–Kier alpha value is -2.20. The molecule has 0 amide bonds. The second kappa shape index (κ2) is 39.5. The lowest BCUT2D eigenvalue weighted by Crippen LogP contribution is -2.16. The number of nitrogens with zero attached hydrogens (tertiary/aromatic N) is 1. The molecule has 0 bridgehead atoms. The van der Waals surface area contributed by atoms with Gasteiger partial charge in [0.1, 0.15) is 0 Å². The fourth-order valence-corrected chi connectivity index (χ4v) is 6.31. The molecule has 0 aromatic carbocycles. The fraction of sp³-hybridized carbons (Fsp3) is 0.907. The maximum absolute atomic E-state index is 12.1. The van der Waals surface area contributed by atoms with Crippen LogP contribution in [-0.4, -0.2) is 89.6 Å². The first kappa shape index (κ1) is 50.8. The Morgan fingerprint density at radius 1 is 0.396 bits per heavy atom. The molecule has 0 spiro atoms. The van der Waals surface area contributed by atoms with Gasteiger partial charge in [-0.05, 0) is 84.8 Å². The highest BCUT2D eigenvalue weighted by Crippen LogP contribution is 2.18. The summed E-state index contributed by atoms with van der Waals surface area (Å²) in [5.41, 5.74) is 0. The molecule has 53 heavy (non-hydrogen) atoms. The van der Waals surface area contributed by atoms with Crippen LogP contribution >= 0.6 is 0 Å². The molecule has 0 aromatic rings. The van der Waals surface area contributed by atoms with Gasteiger partial charge in [0, 0.05) is 32.3 Å². The second-order valence-electron chi connectivity index (χ2n) is 15.0. The Morgan fingerprint density at radius 2 is 0.717 bits per heavy atom. The fourth-order valence-electron chi connectivity index (χ4n) is 6.31. The molecule has 0 unspecified atom stereocenters. The van der Waals surface area contributed by atoms with Crippen molar-refractivity contribution in [1.29, 1.82) is 0 Å². The molecule has 0 fully saturated rings. The van der Waals surface area contributed by atoms with Gasteiger partial charge in [0.05, 0.1) is 33.5 Å². The number of esters is 4. The van der Waals surface area contributed by atoms with E-state index >= 15 is 0 Å². The first-order chi connectivity index (χ1) is 25.8. The van der Waals surface area contributed by atoms with Crippen LogP contribution in [0.3, 0.4) is 0 Å². The van der Waals surface area contributed by atoms with Crippen molar-refractivity contribution in [2.45, 2.75) is 199 Å². The topological polar surface area (TPSA) is 118 Å². The SMILES string of the molecule is COC(=O)CCCCCCCCOC(=O)CCCCCCCC(CCCCCCCC(=O)OCCCCCCCCC(=O)OC)OCCCCN(C)C. The van der Waals surface area contributed by atoms with Crippen molar-refractivity contribution in [1.82, 2.24) is 4.90 Å². The molecule has 312 valence electrons. The highest BCUT2D eigenvalue weighted by Gasteiger charge is 2.10. The number of carbonyl (C=O) groups is 4. The van der Waals surface area contributed by atoms with Gasteiger partial charge < -0.3 is 28.6 Å². The van der Waals surface area contributed by atoms with Crippen LogP contribution in [0.15, 0.2) is 0 Å². The molecule has 0 aromatic heterocycles. The van der Waals surface area contributed by atoms with Gasteiger partial charge in [-0.15, -0.1) is 0 Å². The lowest BCUT2D eigenvalue weighted by atomic mass is 10.0. The minimum atomic E-state index is -0.137. The van der Waals surface area contributed by atoms with E-state index in [9.17, 15) is 19.2 Å². The Balaban J connectivity index is 3.90. The number of unbranched alkanes of at least 4 members (excludes halogenated alkanes) is 19. The predicted molar refractivity (Wildman–Crippen MR) is 213 cm³/mol. The zero-order valence-electron chi connectivity index (χ0n) is 34.7. The molecule has 0 heterocycles. The first-order valence-corrected chi connectivity index (χ1v) is 21.5. The predicted octanol–water partition coefficient (Wildman–Crippen LogP) is 10.1. The molecular formula is C43H81NO9. The summed E-state index contributed by atoms with van der Waals surface area (Å²) in [5.74, 6) is -0.422. The largest absolute Gasteiger partial charge is 0.469 e. The van der Waals surface area contributed by atoms with Gasteiger partial charge in [-0.3, -0.25) is 19.2 Å². The standard InChI is InChI=1S/C43H81NO9/c1-44(2)35-25-28-36-51-39(29-19-11-9-15-23-33-42(47)52-37-26-17-7-5-13-21-31-40(45)49-3)30-20-12-10-16-24-34-43(48)53-38-27-18-8-6-14-22-32-41(46)50-4/h39H,5-38H2,1-4H3. The minimum absolute atomic E-state index is 0.0743. The number of hydrogen-bond acceptors (Lipinski definition) is 10. The zero-order chi connectivity index (χ0) is 39.0. The van der Waals surface area contributed by atoms with Gasteiger partial charge in [0.2, 0.25) is 0 Å². The van der Waals surface area contributed by atoms with E-state index in [1.165, 1.54) is 27.1 Å². The Kier molecular flexibility index (Phi) is 37.9. The lowest BCUT2D eigenvalue weighted by Gasteiger charge is -2.18. The Labute approximate surface area is 324 Å². The molecule has 0 saturated heterocycles. The van der Waals surface area contributed by atoms with Crippen LogP contribution in [0.4, 0.5) is 0 Å². The van der Waals surface area contributed by atoms with Gasteiger partial charge >= 0.3 is 23.9 Å². The summed E-state index contributed by atoms with van der Waals surface area (Å²) < 4.78 is 26.5. The molecule has 0 atom stereocenters. The Morgan fingerprint density at radius 3 is 1.09 bits per heavy atom. The molecule has 10 nitrogen and oxygen atoms in total. The van der Waals surface area contributed by atoms with E-state index in [1.807, 2.05) is 0 Å². The number of methoxy groups -OCH3 is 2. The van der Waals surface area contributed by atoms with Crippen LogP contribution in [0.25, 0.3) is 0 Å². The summed E-state index contributed by atoms with van der Waals surface area (Å²) in [4.78, 5) is 48.6. The monoisotopic (exact) mass is 756 g/mol. The van der Waals surface area contributed by atoms with Crippen LogP contribution in [-0.2, 0) is 42.9 Å². The summed E-state index contributed by atoms with van der Waals surface area (Å²) in [6, 6.07) is 0. The van der Waals surface area contributed by atoms with Crippen LogP contribution in [0.1, 0.15) is 193 Å². The lowest BCUT2D eigenvalue weighted by molar-refractivity contribution is -0.144. The maximum atomic E-state index is 12.1. The normalized spacial score (nSPS) is 11.3. The van der Waals surface area contributed by atoms with Gasteiger partial charge in [0.15, 0.2) is 0 Å². The molecule has 0 aliphatic carbocycles. The third kappa shape index (κ3) is 39.3. The van der Waals surface area contributed by atoms with Gasteiger partial charge in [0.25, 0.3) is 0 Å². The van der Waals surface area contributed by atoms with Crippen molar-refractivity contribution < 1.29 is 42.9 Å². The average molecular weight is 756 g/mol. The van der Waals surface area contributed by atoms with Crippen molar-refractivity contribution in [3.63, 3.8) is 0 Å². The zero-order valence-corrected chi connectivity index (χ0v) is 34.7. The summed E-state index contributed by atoms with van der Waals surface area (Å²) >= 11 is 0. The molecule has 0 N–H and O–H groups in total. The second-order valence-corrected chi connectivity index (χ2v) is 15.0. The summed E-state index contributed by atoms with van der Waals surface area (Å²) in [7, 11) is 7.08. The molecule has 0 radical (unpaired) electrons. The minimum Gasteiger partial charge on any atom is -0.469 e. The third-order valence-electron chi connectivity index (χ3n) is 9.70. The van der Waals surface area contributed by atoms with Crippen molar-refractivity contribution in [3.05, 3.63) is 0 Å². The van der Waals surface area contributed by atoms with Crippen LogP contribution < -0.4 is 0 Å². The van der Waals surface area contributed by atoms with E-state index in [0.717, 1.165) is 167 Å². The molecule has 10 heteroatoms. The summed E-state index contributed by atoms with van der Waals surface area (Å²) in [6.45, 7) is 2.95. The smallest absolute Gasteiger partial charge is 0.305 e. The van der Waals surface area contributed by atoms with E-state index in [-0.39, 0.29) is 23.9 Å². The molecule has 0 aliphatic heterocycles. The van der Waals surface area contributed by atoms with Crippen molar-refractivity contribution in [2.75, 3.05) is 54.7 Å². The van der Waals surface area contributed by atoms with Crippen molar-refractivity contribution in [2.24, 2.45) is 0 Å². The van der Waals surface area contributed by atoms with E-state index in [1.54, 1.807) is 0 Å². The highest BCUT2D eigenvalue weighted by molar-refractivity contribution is 5.70. The molecule has 0 rings (SSSR count). The summed E-state index contributed by atoms with van der Waals surface area (Å²) in [6.07, 6.45) is 29.8. The van der Waals surface area contributed by atoms with E-state index in [2.05, 4.69) is 28.5 Å². The number of hydrogen-bond donors (Lipinski definition) is 0. The molecule has 0 saturated carbocycles. The van der Waals surface area contributed by atoms with E-state index in [0.29, 0.717) is 45.0 Å². The van der Waals surface area contributed by atoms with E-state index in [4.69, 9.17) is 14.2 Å². The van der Waals surface area contributed by atoms with Crippen LogP contribution in [0.5, 0.6) is 0 Å². The summed E-state index contributed by atoms with van der Waals surface area (Å²) in [5, 5.41) is 0. The van der Waals surface area contributed by atoms with E-state index < -0.39 is 0 Å². The van der Waals surface area contributed by atoms with Crippen LogP contribution in [0.2, 0.25) is 0 Å². The third-order valence-corrected chi connectivity index (χ3v) is 9.70. The Bertz CT molecular complexity index is 807. The first-order valence-electron chi connectivity index (χ1n) is 21.5. The van der Waals surface area contributed by atoms with Gasteiger partial charge in [-0.25, -0.2) is 0 Å². The number of rotatable bonds is 40. The molecule has 0 aliphatic rings. The van der Waals surface area contributed by atoms with Crippen LogP contribution in [0, 0.1) is 0 Å². The molecular weight excluding hydrogens is 674 g/mol. The highest BCUT2D eigenvalue weighted by atomic mass is 16.5. The number of ether oxygens (including phenoxy) is 5. The number of carbonyl (C=O) groups excluding carboxylic acids is 4. The quantitative estimate of drug-likeness (QED) is 0.0340. The van der Waals surface area contributed by atoms with Crippen molar-refractivity contribution in [3.8, 4) is 0 Å². The van der Waals surface area contributed by atoms with Crippen molar-refractivity contribution >= 4 is 23.9 Å². The average Bonchev–Trinajstić information content (AvgIpc) is 3.14.